The highest BCUT2D eigenvalue weighted by molar-refractivity contribution is 7.59. The predicted octanol–water partition coefficient (Wildman–Crippen LogP) is 4.52. The van der Waals surface area contributed by atoms with Crippen molar-refractivity contribution >= 4 is 66.8 Å². The molecule has 2 aromatic carbocycles. The van der Waals surface area contributed by atoms with Gasteiger partial charge in [0, 0.05) is 55.3 Å². The standard InChI is InChI=1S/C32H36ClN7O2.2H2S/c1-4-29(41)40-16-15-39(19-24(40)17-34-2)31-25-12-14-38(28-10-6-8-23-7-5-9-26(33)30(23)28)20-27(25)35-32(36-31)42-21-22-11-13-37(3)18-22;;/h4-10,22,24H,1,11-21H2,3H3;2*1H2/t22-,24+;;/m1../s1. The van der Waals surface area contributed by atoms with Gasteiger partial charge in [-0.05, 0) is 50.0 Å². The molecule has 3 aromatic rings. The Morgan fingerprint density at radius 3 is 2.64 bits per heavy atom. The van der Waals surface area contributed by atoms with E-state index in [0.29, 0.717) is 44.7 Å². The number of hydrogen-bond donors (Lipinski definition) is 0. The molecule has 4 heterocycles. The molecule has 2 saturated heterocycles. The summed E-state index contributed by atoms with van der Waals surface area (Å²) in [5.41, 5.74) is 3.14. The number of carbonyl (C=O) groups excluding carboxylic acids is 1. The van der Waals surface area contributed by atoms with Crippen LogP contribution in [-0.2, 0) is 17.8 Å². The molecule has 0 saturated carbocycles. The molecule has 2 fully saturated rings. The number of fused-ring (bicyclic) bond motifs is 2. The lowest BCUT2D eigenvalue weighted by atomic mass is 10.0. The van der Waals surface area contributed by atoms with E-state index in [9.17, 15) is 4.79 Å². The van der Waals surface area contributed by atoms with E-state index in [1.807, 2.05) is 12.1 Å². The molecule has 3 aliphatic rings. The van der Waals surface area contributed by atoms with Gasteiger partial charge in [0.25, 0.3) is 0 Å². The highest BCUT2D eigenvalue weighted by Crippen LogP contribution is 2.37. The van der Waals surface area contributed by atoms with E-state index in [0.717, 1.165) is 71.0 Å². The van der Waals surface area contributed by atoms with Crippen LogP contribution in [0.3, 0.4) is 0 Å². The Balaban J connectivity index is 0.00000221. The molecule has 0 radical (unpaired) electrons. The summed E-state index contributed by atoms with van der Waals surface area (Å²) in [6.07, 6.45) is 3.19. The third-order valence-electron chi connectivity index (χ3n) is 8.67. The van der Waals surface area contributed by atoms with E-state index in [4.69, 9.17) is 32.9 Å². The van der Waals surface area contributed by atoms with Gasteiger partial charge in [-0.3, -0.25) is 4.79 Å². The molecule has 1 aromatic heterocycles. The number of ether oxygens (including phenoxy) is 1. The van der Waals surface area contributed by atoms with Gasteiger partial charge in [0.05, 0.1) is 23.9 Å². The SMILES string of the molecule is S.S.[C-]#[N+]C[C@H]1CN(c2nc(OC[C@@H]3CCN(C)C3)nc3c2CCN(c2cccc4cccc(Cl)c24)C3)CCN1C(=O)C=C. The number of anilines is 2. The third kappa shape index (κ3) is 6.89. The highest BCUT2D eigenvalue weighted by Gasteiger charge is 2.35. The Morgan fingerprint density at radius 1 is 1.11 bits per heavy atom. The lowest BCUT2D eigenvalue weighted by Gasteiger charge is -2.41. The Kier molecular flexibility index (Phi) is 11.3. The maximum absolute atomic E-state index is 12.5. The summed E-state index contributed by atoms with van der Waals surface area (Å²) >= 11 is 6.69. The Hall–Kier alpha value is -3.17. The number of benzene rings is 2. The maximum atomic E-state index is 12.5. The molecule has 6 rings (SSSR count). The van der Waals surface area contributed by atoms with Gasteiger partial charge < -0.3 is 29.2 Å². The van der Waals surface area contributed by atoms with Crippen molar-refractivity contribution in [3.8, 4) is 6.01 Å². The number of hydrogen-bond acceptors (Lipinski definition) is 7. The van der Waals surface area contributed by atoms with E-state index in [1.54, 1.807) is 4.90 Å². The summed E-state index contributed by atoms with van der Waals surface area (Å²) in [6.45, 7) is 17.1. The Labute approximate surface area is 278 Å². The van der Waals surface area contributed by atoms with Crippen LogP contribution in [0, 0.1) is 12.5 Å². The fourth-order valence-corrected chi connectivity index (χ4v) is 6.81. The van der Waals surface area contributed by atoms with Crippen molar-refractivity contribution in [1.29, 1.82) is 0 Å². The van der Waals surface area contributed by atoms with Crippen molar-refractivity contribution in [3.05, 3.63) is 76.8 Å². The van der Waals surface area contributed by atoms with Gasteiger partial charge in [-0.1, -0.05) is 42.4 Å². The lowest BCUT2D eigenvalue weighted by Crippen LogP contribution is -2.56. The number of piperazine rings is 1. The second kappa shape index (κ2) is 14.7. The monoisotopic (exact) mass is 653 g/mol. The van der Waals surface area contributed by atoms with E-state index >= 15 is 0 Å². The smallest absolute Gasteiger partial charge is 0.318 e. The number of likely N-dealkylation sites (tertiary alicyclic amines) is 1. The first-order valence-corrected chi connectivity index (χ1v) is 15.0. The molecule has 3 aliphatic heterocycles. The van der Waals surface area contributed by atoms with Crippen LogP contribution in [0.2, 0.25) is 5.02 Å². The number of halogens is 1. The van der Waals surface area contributed by atoms with E-state index in [-0.39, 0.29) is 45.5 Å². The number of carbonyl (C=O) groups is 1. The number of rotatable bonds is 7. The molecule has 0 spiro atoms. The lowest BCUT2D eigenvalue weighted by molar-refractivity contribution is -0.128. The zero-order valence-electron chi connectivity index (χ0n) is 25.0. The summed E-state index contributed by atoms with van der Waals surface area (Å²) < 4.78 is 6.28. The van der Waals surface area contributed by atoms with Crippen molar-refractivity contribution in [2.45, 2.75) is 25.4 Å². The first-order valence-electron chi connectivity index (χ1n) is 14.6. The second-order valence-electron chi connectivity index (χ2n) is 11.4. The molecule has 0 aliphatic carbocycles. The quantitative estimate of drug-likeness (QED) is 0.274. The molecule has 2 atom stereocenters. The molecule has 44 heavy (non-hydrogen) atoms. The van der Waals surface area contributed by atoms with Gasteiger partial charge in [0.15, 0.2) is 0 Å². The molecule has 0 N–H and O–H groups in total. The zero-order valence-corrected chi connectivity index (χ0v) is 27.8. The number of amides is 1. The summed E-state index contributed by atoms with van der Waals surface area (Å²) in [6, 6.07) is 12.5. The molecule has 1 amide bonds. The fourth-order valence-electron chi connectivity index (χ4n) is 6.53. The van der Waals surface area contributed by atoms with Crippen molar-refractivity contribution in [3.63, 3.8) is 0 Å². The minimum atomic E-state index is -0.233. The van der Waals surface area contributed by atoms with E-state index < -0.39 is 0 Å². The summed E-state index contributed by atoms with van der Waals surface area (Å²) in [5, 5.41) is 2.89. The van der Waals surface area contributed by atoms with Crippen molar-refractivity contribution < 1.29 is 9.53 Å². The van der Waals surface area contributed by atoms with Gasteiger partial charge in [0.2, 0.25) is 12.5 Å². The minimum absolute atomic E-state index is 0. The first-order chi connectivity index (χ1) is 20.4. The molecule has 12 heteroatoms. The molecule has 9 nitrogen and oxygen atoms in total. The maximum Gasteiger partial charge on any atom is 0.318 e. The van der Waals surface area contributed by atoms with Crippen molar-refractivity contribution in [1.82, 2.24) is 19.8 Å². The van der Waals surface area contributed by atoms with Crippen LogP contribution in [-0.4, -0.2) is 91.2 Å². The topological polar surface area (TPSA) is 69.4 Å². The largest absolute Gasteiger partial charge is 0.463 e. The first kappa shape index (κ1) is 33.7. The van der Waals surface area contributed by atoms with Crippen molar-refractivity contribution in [2.24, 2.45) is 5.92 Å². The van der Waals surface area contributed by atoms with Gasteiger partial charge in [-0.15, -0.1) is 0 Å². The third-order valence-corrected chi connectivity index (χ3v) is 8.99. The minimum Gasteiger partial charge on any atom is -0.463 e. The van der Waals surface area contributed by atoms with Gasteiger partial charge in [-0.2, -0.15) is 37.0 Å². The summed E-state index contributed by atoms with van der Waals surface area (Å²) in [4.78, 5) is 34.7. The van der Waals surface area contributed by atoms with Crippen LogP contribution in [0.4, 0.5) is 11.5 Å². The Bertz CT molecular complexity index is 1550. The normalized spacial score (nSPS) is 19.9. The Morgan fingerprint density at radius 2 is 1.91 bits per heavy atom. The summed E-state index contributed by atoms with van der Waals surface area (Å²) in [5.74, 6) is 1.17. The second-order valence-corrected chi connectivity index (χ2v) is 11.9. The van der Waals surface area contributed by atoms with Crippen LogP contribution in [0.15, 0.2) is 49.1 Å². The predicted molar refractivity (Wildman–Crippen MR) is 187 cm³/mol. The fraction of sp³-hybridized carbons (Fsp3) is 0.438. The number of aromatic nitrogens is 2. The van der Waals surface area contributed by atoms with Crippen LogP contribution in [0.5, 0.6) is 6.01 Å². The van der Waals surface area contributed by atoms with E-state index in [2.05, 4.69) is 57.4 Å². The molecule has 0 unspecified atom stereocenters. The molecular formula is C32H40ClN7O2S2. The molecular weight excluding hydrogens is 614 g/mol. The van der Waals surface area contributed by atoms with Crippen LogP contribution in [0.1, 0.15) is 17.7 Å². The average molecular weight is 654 g/mol. The molecule has 234 valence electrons. The van der Waals surface area contributed by atoms with Crippen LogP contribution < -0.4 is 14.5 Å². The van der Waals surface area contributed by atoms with Crippen LogP contribution >= 0.6 is 38.6 Å². The highest BCUT2D eigenvalue weighted by atomic mass is 35.5. The van der Waals surface area contributed by atoms with Gasteiger partial charge in [0.1, 0.15) is 11.9 Å². The van der Waals surface area contributed by atoms with Crippen LogP contribution in [0.25, 0.3) is 15.6 Å². The zero-order chi connectivity index (χ0) is 29.2. The average Bonchev–Trinajstić information content (AvgIpc) is 3.43. The van der Waals surface area contributed by atoms with Gasteiger partial charge >= 0.3 is 6.01 Å². The van der Waals surface area contributed by atoms with Gasteiger partial charge in [-0.25, -0.2) is 6.57 Å². The summed E-state index contributed by atoms with van der Waals surface area (Å²) in [7, 11) is 2.14. The van der Waals surface area contributed by atoms with Crippen molar-refractivity contribution in [2.75, 3.05) is 69.3 Å². The number of nitrogens with zero attached hydrogens (tertiary/aromatic N) is 7. The van der Waals surface area contributed by atoms with E-state index in [1.165, 1.54) is 6.08 Å². The molecule has 0 bridgehead atoms.